The van der Waals surface area contributed by atoms with Gasteiger partial charge < -0.3 is 15.8 Å². The van der Waals surface area contributed by atoms with Crippen molar-refractivity contribution in [2.75, 3.05) is 20.2 Å². The van der Waals surface area contributed by atoms with Gasteiger partial charge in [-0.3, -0.25) is 0 Å². The predicted molar refractivity (Wildman–Crippen MR) is 72.7 cm³/mol. The monoisotopic (exact) mass is 256 g/mol. The van der Waals surface area contributed by atoms with Crippen LogP contribution in [0.15, 0.2) is 12.1 Å². The van der Waals surface area contributed by atoms with Gasteiger partial charge in [0.25, 0.3) is 0 Å². The number of ether oxygens (including phenoxy) is 1. The van der Waals surface area contributed by atoms with Gasteiger partial charge in [0.15, 0.2) is 0 Å². The topological polar surface area (TPSA) is 47.3 Å². The molecule has 0 aliphatic carbocycles. The maximum absolute atomic E-state index is 6.04. The van der Waals surface area contributed by atoms with Crippen LogP contribution in [0.5, 0.6) is 5.75 Å². The second kappa shape index (κ2) is 7.54. The predicted octanol–water partition coefficient (Wildman–Crippen LogP) is 2.49. The Bertz CT molecular complexity index is 356. The number of aryl methyl sites for hydroxylation is 1. The molecule has 4 heteroatoms. The molecule has 0 saturated carbocycles. The second-order valence-electron chi connectivity index (χ2n) is 4.09. The standard InChI is InChI=1S/C13H21ClN2O/c1-10-7-12(14)8-11(13(10)17-2)9-16-6-4-3-5-15/h7-8,16H,3-6,9,15H2,1-2H3. The Kier molecular flexibility index (Phi) is 6.34. The van der Waals surface area contributed by atoms with E-state index < -0.39 is 0 Å². The third-order valence-corrected chi connectivity index (χ3v) is 2.86. The summed E-state index contributed by atoms with van der Waals surface area (Å²) in [5, 5.41) is 4.12. The zero-order valence-corrected chi connectivity index (χ0v) is 11.3. The Balaban J connectivity index is 2.57. The first-order chi connectivity index (χ1) is 8.19. The minimum atomic E-state index is 0.751. The molecule has 0 aliphatic heterocycles. The summed E-state index contributed by atoms with van der Waals surface area (Å²) >= 11 is 6.04. The van der Waals surface area contributed by atoms with Crippen LogP contribution in [0.3, 0.4) is 0 Å². The zero-order chi connectivity index (χ0) is 12.7. The number of nitrogens with one attached hydrogen (secondary N) is 1. The van der Waals surface area contributed by atoms with Gasteiger partial charge >= 0.3 is 0 Å². The van der Waals surface area contributed by atoms with E-state index in [-0.39, 0.29) is 0 Å². The summed E-state index contributed by atoms with van der Waals surface area (Å²) in [7, 11) is 1.69. The van der Waals surface area contributed by atoms with Gasteiger partial charge in [0.1, 0.15) is 5.75 Å². The number of hydrogen-bond donors (Lipinski definition) is 2. The maximum atomic E-state index is 6.04. The summed E-state index contributed by atoms with van der Waals surface area (Å²) in [6.07, 6.45) is 2.15. The van der Waals surface area contributed by atoms with Crippen LogP contribution in [0.4, 0.5) is 0 Å². The quantitative estimate of drug-likeness (QED) is 0.737. The van der Waals surface area contributed by atoms with Gasteiger partial charge in [-0.25, -0.2) is 0 Å². The molecule has 0 aromatic heterocycles. The highest BCUT2D eigenvalue weighted by Gasteiger charge is 2.07. The Morgan fingerprint density at radius 3 is 2.76 bits per heavy atom. The molecule has 1 aromatic rings. The number of halogens is 1. The minimum absolute atomic E-state index is 0.751. The molecule has 0 fully saturated rings. The van der Waals surface area contributed by atoms with Gasteiger partial charge in [0, 0.05) is 17.1 Å². The van der Waals surface area contributed by atoms with Crippen LogP contribution < -0.4 is 15.8 Å². The lowest BCUT2D eigenvalue weighted by Gasteiger charge is -2.12. The van der Waals surface area contributed by atoms with E-state index in [0.717, 1.165) is 54.4 Å². The largest absolute Gasteiger partial charge is 0.496 e. The van der Waals surface area contributed by atoms with Gasteiger partial charge in [-0.2, -0.15) is 0 Å². The summed E-state index contributed by atoms with van der Waals surface area (Å²) in [6, 6.07) is 3.86. The number of methoxy groups -OCH3 is 1. The van der Waals surface area contributed by atoms with Crippen LogP contribution in [-0.2, 0) is 6.54 Å². The van der Waals surface area contributed by atoms with Crippen molar-refractivity contribution >= 4 is 11.6 Å². The van der Waals surface area contributed by atoms with E-state index in [1.807, 2.05) is 19.1 Å². The summed E-state index contributed by atoms with van der Waals surface area (Å²) < 4.78 is 5.39. The lowest BCUT2D eigenvalue weighted by Crippen LogP contribution is -2.16. The molecule has 0 amide bonds. The van der Waals surface area contributed by atoms with E-state index >= 15 is 0 Å². The molecule has 1 rings (SSSR count). The molecule has 3 nitrogen and oxygen atoms in total. The van der Waals surface area contributed by atoms with Gasteiger partial charge in [-0.15, -0.1) is 0 Å². The number of hydrogen-bond acceptors (Lipinski definition) is 3. The van der Waals surface area contributed by atoms with Crippen molar-refractivity contribution in [2.24, 2.45) is 5.73 Å². The molecule has 0 radical (unpaired) electrons. The average Bonchev–Trinajstić information content (AvgIpc) is 2.28. The molecule has 0 spiro atoms. The first-order valence-corrected chi connectivity index (χ1v) is 6.30. The maximum Gasteiger partial charge on any atom is 0.126 e. The lowest BCUT2D eigenvalue weighted by atomic mass is 10.1. The van der Waals surface area contributed by atoms with Crippen molar-refractivity contribution in [1.29, 1.82) is 0 Å². The summed E-state index contributed by atoms with van der Waals surface area (Å²) in [5.41, 5.74) is 7.61. The molecular formula is C13H21ClN2O. The molecule has 0 heterocycles. The number of unbranched alkanes of at least 4 members (excludes halogenated alkanes) is 1. The third kappa shape index (κ3) is 4.54. The van der Waals surface area contributed by atoms with Crippen molar-refractivity contribution in [3.8, 4) is 5.75 Å². The van der Waals surface area contributed by atoms with Crippen molar-refractivity contribution in [3.63, 3.8) is 0 Å². The molecule has 0 saturated heterocycles. The van der Waals surface area contributed by atoms with E-state index in [1.165, 1.54) is 0 Å². The highest BCUT2D eigenvalue weighted by Crippen LogP contribution is 2.27. The van der Waals surface area contributed by atoms with E-state index in [9.17, 15) is 0 Å². The Labute approximate surface area is 108 Å². The molecule has 0 bridgehead atoms. The number of nitrogens with two attached hydrogens (primary N) is 1. The molecule has 0 unspecified atom stereocenters. The molecule has 0 aliphatic rings. The number of rotatable bonds is 7. The van der Waals surface area contributed by atoms with Crippen molar-refractivity contribution in [3.05, 3.63) is 28.3 Å². The average molecular weight is 257 g/mol. The fraction of sp³-hybridized carbons (Fsp3) is 0.538. The summed E-state index contributed by atoms with van der Waals surface area (Å²) in [4.78, 5) is 0. The third-order valence-electron chi connectivity index (χ3n) is 2.64. The Hall–Kier alpha value is -0.770. The normalized spacial score (nSPS) is 10.6. The molecular weight excluding hydrogens is 236 g/mol. The van der Waals surface area contributed by atoms with Crippen LogP contribution >= 0.6 is 11.6 Å². The SMILES string of the molecule is COc1c(C)cc(Cl)cc1CNCCCCN. The van der Waals surface area contributed by atoms with Crippen LogP contribution in [0, 0.1) is 6.92 Å². The smallest absolute Gasteiger partial charge is 0.126 e. The number of benzene rings is 1. The fourth-order valence-corrected chi connectivity index (χ4v) is 2.14. The van der Waals surface area contributed by atoms with Crippen LogP contribution in [0.25, 0.3) is 0 Å². The highest BCUT2D eigenvalue weighted by molar-refractivity contribution is 6.30. The highest BCUT2D eigenvalue weighted by atomic mass is 35.5. The lowest BCUT2D eigenvalue weighted by molar-refractivity contribution is 0.404. The molecule has 0 atom stereocenters. The van der Waals surface area contributed by atoms with Gasteiger partial charge in [-0.1, -0.05) is 11.6 Å². The van der Waals surface area contributed by atoms with Crippen molar-refractivity contribution in [1.82, 2.24) is 5.32 Å². The van der Waals surface area contributed by atoms with Crippen LogP contribution in [0.1, 0.15) is 24.0 Å². The van der Waals surface area contributed by atoms with Gasteiger partial charge in [0.2, 0.25) is 0 Å². The van der Waals surface area contributed by atoms with Gasteiger partial charge in [-0.05, 0) is 50.6 Å². The molecule has 96 valence electrons. The first-order valence-electron chi connectivity index (χ1n) is 5.92. The first kappa shape index (κ1) is 14.3. The summed E-state index contributed by atoms with van der Waals surface area (Å²) in [5.74, 6) is 0.917. The van der Waals surface area contributed by atoms with Crippen LogP contribution in [0.2, 0.25) is 5.02 Å². The molecule has 17 heavy (non-hydrogen) atoms. The zero-order valence-electron chi connectivity index (χ0n) is 10.6. The van der Waals surface area contributed by atoms with E-state index in [0.29, 0.717) is 0 Å². The van der Waals surface area contributed by atoms with E-state index in [4.69, 9.17) is 22.1 Å². The van der Waals surface area contributed by atoms with E-state index in [2.05, 4.69) is 5.32 Å². The Morgan fingerprint density at radius 1 is 1.35 bits per heavy atom. The van der Waals surface area contributed by atoms with Crippen molar-refractivity contribution < 1.29 is 4.74 Å². The molecule has 3 N–H and O–H groups in total. The molecule has 1 aromatic carbocycles. The van der Waals surface area contributed by atoms with Crippen molar-refractivity contribution in [2.45, 2.75) is 26.3 Å². The fourth-order valence-electron chi connectivity index (χ4n) is 1.84. The minimum Gasteiger partial charge on any atom is -0.496 e. The Morgan fingerprint density at radius 2 is 2.12 bits per heavy atom. The van der Waals surface area contributed by atoms with E-state index in [1.54, 1.807) is 7.11 Å². The second-order valence-corrected chi connectivity index (χ2v) is 4.52. The van der Waals surface area contributed by atoms with Crippen LogP contribution in [-0.4, -0.2) is 20.2 Å². The summed E-state index contributed by atoms with van der Waals surface area (Å²) in [6.45, 7) is 4.49. The van der Waals surface area contributed by atoms with Gasteiger partial charge in [0.05, 0.1) is 7.11 Å².